The number of hydrogen-bond donors (Lipinski definition) is 2. The van der Waals surface area contributed by atoms with Crippen molar-refractivity contribution in [1.29, 1.82) is 0 Å². The highest BCUT2D eigenvalue weighted by molar-refractivity contribution is 5.89. The molecule has 6 nitrogen and oxygen atoms in total. The van der Waals surface area contributed by atoms with Crippen LogP contribution in [0.15, 0.2) is 24.4 Å². The first-order valence-corrected chi connectivity index (χ1v) is 6.45. The van der Waals surface area contributed by atoms with E-state index in [4.69, 9.17) is 5.11 Å². The number of aryl methyl sites for hydroxylation is 2. The third-order valence-electron chi connectivity index (χ3n) is 2.74. The van der Waals surface area contributed by atoms with Crippen LogP contribution in [0.4, 0.5) is 5.82 Å². The Balaban J connectivity index is 2.04. The van der Waals surface area contributed by atoms with Gasteiger partial charge in [-0.2, -0.15) is 5.10 Å². The molecule has 0 aliphatic heterocycles. The lowest BCUT2D eigenvalue weighted by Crippen LogP contribution is -2.20. The van der Waals surface area contributed by atoms with Gasteiger partial charge in [0.15, 0.2) is 0 Å². The molecular formula is C15H16N4O2. The first kappa shape index (κ1) is 14.8. The minimum Gasteiger partial charge on any atom is -0.384 e. The van der Waals surface area contributed by atoms with Crippen LogP contribution in [-0.2, 0) is 11.3 Å². The summed E-state index contributed by atoms with van der Waals surface area (Å²) in [6.07, 6.45) is 1.56. The van der Waals surface area contributed by atoms with Crippen molar-refractivity contribution in [3.05, 3.63) is 41.3 Å². The van der Waals surface area contributed by atoms with E-state index in [9.17, 15) is 4.79 Å². The normalized spacial score (nSPS) is 9.86. The first-order valence-electron chi connectivity index (χ1n) is 6.45. The summed E-state index contributed by atoms with van der Waals surface area (Å²) >= 11 is 0. The third kappa shape index (κ3) is 4.16. The van der Waals surface area contributed by atoms with Crippen LogP contribution in [0.1, 0.15) is 17.0 Å². The Morgan fingerprint density at radius 2 is 2.24 bits per heavy atom. The quantitative estimate of drug-likeness (QED) is 0.820. The molecule has 2 heterocycles. The molecule has 2 aromatic rings. The lowest BCUT2D eigenvalue weighted by atomic mass is 10.2. The molecule has 0 spiro atoms. The predicted molar refractivity (Wildman–Crippen MR) is 78.5 cm³/mol. The molecule has 0 aliphatic carbocycles. The van der Waals surface area contributed by atoms with E-state index in [2.05, 4.69) is 27.2 Å². The topological polar surface area (TPSA) is 80.0 Å². The van der Waals surface area contributed by atoms with Crippen molar-refractivity contribution < 1.29 is 9.90 Å². The van der Waals surface area contributed by atoms with Gasteiger partial charge in [-0.05, 0) is 32.0 Å². The third-order valence-corrected chi connectivity index (χ3v) is 2.74. The number of hydrogen-bond acceptors (Lipinski definition) is 4. The summed E-state index contributed by atoms with van der Waals surface area (Å²) in [5, 5.41) is 15.6. The maximum Gasteiger partial charge on any atom is 0.247 e. The maximum absolute atomic E-state index is 12.0. The average molecular weight is 284 g/mol. The number of nitrogens with zero attached hydrogens (tertiary/aromatic N) is 3. The molecule has 2 N–H and O–H groups in total. The number of carbonyl (C=O) groups excluding carboxylic acids is 1. The molecule has 1 amide bonds. The molecule has 0 saturated heterocycles. The van der Waals surface area contributed by atoms with E-state index in [1.807, 2.05) is 19.9 Å². The summed E-state index contributed by atoms with van der Waals surface area (Å²) in [6, 6.07) is 5.28. The van der Waals surface area contributed by atoms with Crippen LogP contribution in [-0.4, -0.2) is 32.4 Å². The van der Waals surface area contributed by atoms with Gasteiger partial charge in [-0.15, -0.1) is 0 Å². The smallest absolute Gasteiger partial charge is 0.247 e. The fourth-order valence-corrected chi connectivity index (χ4v) is 1.87. The van der Waals surface area contributed by atoms with Gasteiger partial charge in [0, 0.05) is 17.5 Å². The van der Waals surface area contributed by atoms with E-state index in [0.29, 0.717) is 11.4 Å². The fraction of sp³-hybridized carbons (Fsp3) is 0.267. The molecule has 2 rings (SSSR count). The standard InChI is InChI=1S/C15H16N4O2/c1-11-8-12(2)19(18-11)10-15(21)17-14-9-13(4-3-7-20)5-6-16-14/h5-6,8-9,20H,7,10H2,1-2H3,(H,16,17,21). The number of rotatable bonds is 3. The largest absolute Gasteiger partial charge is 0.384 e. The maximum atomic E-state index is 12.0. The van der Waals surface area contributed by atoms with Crippen LogP contribution in [0, 0.1) is 25.7 Å². The Morgan fingerprint density at radius 1 is 1.43 bits per heavy atom. The van der Waals surface area contributed by atoms with Crippen molar-refractivity contribution >= 4 is 11.7 Å². The Hall–Kier alpha value is -2.65. The second-order valence-corrected chi connectivity index (χ2v) is 4.52. The van der Waals surface area contributed by atoms with Gasteiger partial charge in [-0.25, -0.2) is 4.98 Å². The summed E-state index contributed by atoms with van der Waals surface area (Å²) in [5.41, 5.74) is 2.48. The number of anilines is 1. The highest BCUT2D eigenvalue weighted by Crippen LogP contribution is 2.07. The summed E-state index contributed by atoms with van der Waals surface area (Å²) in [7, 11) is 0. The van der Waals surface area contributed by atoms with Crippen molar-refractivity contribution in [3.63, 3.8) is 0 Å². The van der Waals surface area contributed by atoms with Crippen molar-refractivity contribution in [2.45, 2.75) is 20.4 Å². The van der Waals surface area contributed by atoms with E-state index in [1.165, 1.54) is 0 Å². The molecule has 0 saturated carbocycles. The molecule has 0 aliphatic rings. The van der Waals surface area contributed by atoms with Crippen molar-refractivity contribution in [1.82, 2.24) is 14.8 Å². The Bertz CT molecular complexity index is 710. The zero-order valence-corrected chi connectivity index (χ0v) is 11.9. The SMILES string of the molecule is Cc1cc(C)n(CC(=O)Nc2cc(C#CCO)ccn2)n1. The number of aliphatic hydroxyl groups is 1. The van der Waals surface area contributed by atoms with Crippen molar-refractivity contribution in [2.75, 3.05) is 11.9 Å². The highest BCUT2D eigenvalue weighted by Gasteiger charge is 2.08. The average Bonchev–Trinajstić information content (AvgIpc) is 2.75. The number of pyridine rings is 1. The number of aliphatic hydroxyl groups excluding tert-OH is 1. The van der Waals surface area contributed by atoms with Gasteiger partial charge in [-0.1, -0.05) is 11.8 Å². The van der Waals surface area contributed by atoms with E-state index in [-0.39, 0.29) is 19.1 Å². The summed E-state index contributed by atoms with van der Waals surface area (Å²) < 4.78 is 1.64. The van der Waals surface area contributed by atoms with Gasteiger partial charge < -0.3 is 10.4 Å². The molecule has 21 heavy (non-hydrogen) atoms. The number of nitrogens with one attached hydrogen (secondary N) is 1. The minimum absolute atomic E-state index is 0.133. The van der Waals surface area contributed by atoms with Crippen LogP contribution in [0.25, 0.3) is 0 Å². The van der Waals surface area contributed by atoms with E-state index >= 15 is 0 Å². The zero-order valence-electron chi connectivity index (χ0n) is 11.9. The summed E-state index contributed by atoms with van der Waals surface area (Å²) in [6.45, 7) is 3.71. The van der Waals surface area contributed by atoms with Gasteiger partial charge in [0.25, 0.3) is 0 Å². The van der Waals surface area contributed by atoms with Crippen LogP contribution < -0.4 is 5.32 Å². The molecule has 0 fully saturated rings. The summed E-state index contributed by atoms with van der Waals surface area (Å²) in [5.74, 6) is 5.52. The Kier molecular flexibility index (Phi) is 4.69. The van der Waals surface area contributed by atoms with Gasteiger partial charge in [-0.3, -0.25) is 9.48 Å². The second kappa shape index (κ2) is 6.68. The van der Waals surface area contributed by atoms with Crippen molar-refractivity contribution in [3.8, 4) is 11.8 Å². The van der Waals surface area contributed by atoms with Crippen LogP contribution in [0.2, 0.25) is 0 Å². The Morgan fingerprint density at radius 3 is 2.90 bits per heavy atom. The monoisotopic (exact) mass is 284 g/mol. The molecule has 2 aromatic heterocycles. The molecule has 0 aromatic carbocycles. The van der Waals surface area contributed by atoms with Gasteiger partial charge in [0.05, 0.1) is 5.69 Å². The molecule has 108 valence electrons. The van der Waals surface area contributed by atoms with Crippen LogP contribution in [0.5, 0.6) is 0 Å². The van der Waals surface area contributed by atoms with Crippen molar-refractivity contribution in [2.24, 2.45) is 0 Å². The molecule has 0 atom stereocenters. The van der Waals surface area contributed by atoms with Crippen LogP contribution in [0.3, 0.4) is 0 Å². The van der Waals surface area contributed by atoms with Gasteiger partial charge >= 0.3 is 0 Å². The molecular weight excluding hydrogens is 268 g/mol. The molecule has 0 radical (unpaired) electrons. The molecule has 6 heteroatoms. The zero-order chi connectivity index (χ0) is 15.2. The first-order chi connectivity index (χ1) is 10.1. The lowest BCUT2D eigenvalue weighted by molar-refractivity contribution is -0.117. The van der Waals surface area contributed by atoms with E-state index < -0.39 is 0 Å². The van der Waals surface area contributed by atoms with E-state index in [0.717, 1.165) is 11.4 Å². The Labute approximate surface area is 122 Å². The van der Waals surface area contributed by atoms with Gasteiger partial charge in [0.1, 0.15) is 19.0 Å². The van der Waals surface area contributed by atoms with Gasteiger partial charge in [0.2, 0.25) is 5.91 Å². The molecule has 0 unspecified atom stereocenters. The second-order valence-electron chi connectivity index (χ2n) is 4.52. The minimum atomic E-state index is -0.207. The number of aromatic nitrogens is 3. The number of carbonyl (C=O) groups is 1. The highest BCUT2D eigenvalue weighted by atomic mass is 16.2. The molecule has 0 bridgehead atoms. The predicted octanol–water partition coefficient (Wildman–Crippen LogP) is 0.877. The summed E-state index contributed by atoms with van der Waals surface area (Å²) in [4.78, 5) is 16.0. The fourth-order valence-electron chi connectivity index (χ4n) is 1.87. The lowest BCUT2D eigenvalue weighted by Gasteiger charge is -2.06. The van der Waals surface area contributed by atoms with Crippen LogP contribution >= 0.6 is 0 Å². The van der Waals surface area contributed by atoms with E-state index in [1.54, 1.807) is 23.0 Å². The number of amides is 1.